The summed E-state index contributed by atoms with van der Waals surface area (Å²) < 4.78 is 21.2. The number of nitrogens with two attached hydrogens (primary N) is 1. The number of aliphatic carboxylic acids is 2. The Kier molecular flexibility index (Phi) is 28.2. The first-order valence-electron chi connectivity index (χ1n) is 39.3. The molecule has 6 aromatic rings. The highest BCUT2D eigenvalue weighted by atomic mass is 16.6. The number of nitrogens with zero attached hydrogens (tertiary/aromatic N) is 6. The van der Waals surface area contributed by atoms with Gasteiger partial charge in [-0.3, -0.25) is 38.7 Å². The number of nitriles is 1. The lowest BCUT2D eigenvalue weighted by atomic mass is 9.79. The Bertz CT molecular complexity index is 4420. The molecule has 2 saturated heterocycles. The number of benzene rings is 6. The summed E-state index contributed by atoms with van der Waals surface area (Å²) in [6.07, 6.45) is 12.5. The molecule has 14 rings (SSSR count). The number of likely N-dealkylation sites (tertiary alicyclic amines) is 2. The number of carbonyl (C=O) groups is 11. The summed E-state index contributed by atoms with van der Waals surface area (Å²) in [6.45, 7) is 0.626. The molecule has 6 fully saturated rings. The van der Waals surface area contributed by atoms with Crippen molar-refractivity contribution in [3.8, 4) is 6.07 Å². The van der Waals surface area contributed by atoms with Crippen LogP contribution in [0.2, 0.25) is 0 Å². The van der Waals surface area contributed by atoms with Crippen LogP contribution in [-0.4, -0.2) is 171 Å². The van der Waals surface area contributed by atoms with E-state index in [2.05, 4.69) is 22.0 Å². The average molecular weight is 1560 g/mol. The number of fused-ring (bicyclic) bond motifs is 4. The number of likely N-dealkylation sites (N-methyl/N-ethyl adjacent to an activating group) is 3. The number of carbonyl (C=O) groups excluding carboxylic acids is 9. The number of rotatable bonds is 25. The molecule has 114 heavy (non-hydrogen) atoms. The van der Waals surface area contributed by atoms with Crippen molar-refractivity contribution in [1.29, 1.82) is 5.26 Å². The average Bonchev–Trinajstić information content (AvgIpc) is 1.57. The molecule has 8 atom stereocenters. The smallest absolute Gasteiger partial charge is 0.410 e. The number of alkyl carbamates (subject to hydrolysis) is 1. The highest BCUT2D eigenvalue weighted by Crippen LogP contribution is 2.49. The summed E-state index contributed by atoms with van der Waals surface area (Å²) in [4.78, 5) is 146. The maximum atomic E-state index is 14.1. The summed E-state index contributed by atoms with van der Waals surface area (Å²) in [5, 5.41) is 36.6. The standard InChI is InChI=1S/C28H32N4O5.C28H30N4O4.C16H21NO4.C15H19NO4/c1-31(27(36)37-16-19-8-3-2-4-9-19)22(14-18-10-7-11-18)25(34)32-17-28(15-23(32)24(29)33)20-12-5-6-13-21(20)30-26(28)35;1-31(27(35)36-17-20-8-3-2-4-9-20)24(14-19-10-7-11-19)25(33)32-18-28(15-21(32)16-29)22-12-5-6-13-23(22)30-26(28)34;1-17(14(15(18)19)10-12-8-5-9-12)16(20)21-11-13-6-3-2-4-7-13;17-14(18)13(9-11-7-4-8-11)16-15(19)20-10-12-5-2-1-3-6-12/h2-6,8-9,12-13,18,22-23H,7,10-11,14-17H2,1H3,(H2,29,33)(H,30,35);2-6,8-9,12-13,19,21,24H,7,10-11,14-15,17-18H2,1H3,(H,30,34);2-4,6-7,12,14H,5,8-11H2,1H3,(H,18,19);1-3,5-6,11,13H,4,7-10H2,(H,16,19)(H,17,18)/t22-,23-,28-;21-,24-,28-;14-;13-/m0000/s1. The third kappa shape index (κ3) is 20.3. The fraction of sp³-hybridized carbons (Fsp3) is 0.448. The van der Waals surface area contributed by atoms with E-state index in [-0.39, 0.29) is 76.0 Å². The van der Waals surface area contributed by atoms with E-state index >= 15 is 0 Å². The van der Waals surface area contributed by atoms with Crippen molar-refractivity contribution in [1.82, 2.24) is 29.8 Å². The van der Waals surface area contributed by atoms with Crippen LogP contribution < -0.4 is 21.7 Å². The Morgan fingerprint density at radius 3 is 1.17 bits per heavy atom. The van der Waals surface area contributed by atoms with E-state index in [1.807, 2.05) is 170 Å². The second-order valence-corrected chi connectivity index (χ2v) is 31.1. The number of anilines is 2. The van der Waals surface area contributed by atoms with Gasteiger partial charge in [0.1, 0.15) is 62.7 Å². The summed E-state index contributed by atoms with van der Waals surface area (Å²) in [5.41, 5.74) is 10.2. The van der Waals surface area contributed by atoms with E-state index in [0.717, 1.165) is 116 Å². The molecule has 8 aliphatic rings. The van der Waals surface area contributed by atoms with Gasteiger partial charge in [0, 0.05) is 52.0 Å². The van der Waals surface area contributed by atoms with Gasteiger partial charge in [0.05, 0.1) is 16.9 Å². The molecule has 27 heteroatoms. The molecule has 27 nitrogen and oxygen atoms in total. The SMILES string of the molecule is CN(C(=O)OCc1ccccc1)[C@@H](CC1CCC1)C(=O)N1C[C@]2(C[C@H]1C#N)C(=O)Nc1ccccc12.CN(C(=O)OCc1ccccc1)[C@@H](CC1CCC1)C(=O)N1C[C@]2(C[C@H]1C(N)=O)C(=O)Nc1ccccc12.CN(C(=O)OCc1ccccc1)[C@@H](CC1CCC1)C(=O)O.O=C(N[C@@H](CC1CCC1)C(=O)O)OCc1ccccc1. The highest BCUT2D eigenvalue weighted by molar-refractivity contribution is 6.09. The van der Waals surface area contributed by atoms with Gasteiger partial charge < -0.3 is 60.6 Å². The molecule has 6 aromatic carbocycles. The van der Waals surface area contributed by atoms with Gasteiger partial charge in [-0.25, -0.2) is 28.8 Å². The molecule has 4 heterocycles. The van der Waals surface area contributed by atoms with E-state index < -0.39 is 89.3 Å². The number of primary amides is 1. The molecule has 7 N–H and O–H groups in total. The lowest BCUT2D eigenvalue weighted by Crippen LogP contribution is -2.54. The number of amides is 9. The minimum absolute atomic E-state index is 0.0242. The molecule has 0 unspecified atom stereocenters. The first-order chi connectivity index (χ1) is 54.9. The van der Waals surface area contributed by atoms with Gasteiger partial charge in [-0.2, -0.15) is 5.26 Å². The topological polar surface area (TPSA) is 367 Å². The predicted octanol–water partition coefficient (Wildman–Crippen LogP) is 12.1. The Labute approximate surface area is 663 Å². The summed E-state index contributed by atoms with van der Waals surface area (Å²) >= 11 is 0. The molecule has 4 aliphatic carbocycles. The van der Waals surface area contributed by atoms with Crippen molar-refractivity contribution in [3.63, 3.8) is 0 Å². The zero-order chi connectivity index (χ0) is 81.1. The predicted molar refractivity (Wildman–Crippen MR) is 420 cm³/mol. The number of hydrogen-bond acceptors (Lipinski definition) is 16. The Balaban J connectivity index is 0.000000156. The maximum Gasteiger partial charge on any atom is 0.410 e. The van der Waals surface area contributed by atoms with Gasteiger partial charge in [-0.15, -0.1) is 0 Å². The molecular formula is C87H102N10O17. The monoisotopic (exact) mass is 1560 g/mol. The normalized spacial score (nSPS) is 20.6. The van der Waals surface area contributed by atoms with E-state index in [4.69, 9.17) is 29.8 Å². The number of ether oxygens (including phenoxy) is 4. The second kappa shape index (κ2) is 38.6. The van der Waals surface area contributed by atoms with Gasteiger partial charge in [0.2, 0.25) is 29.5 Å². The third-order valence-corrected chi connectivity index (χ3v) is 23.7. The van der Waals surface area contributed by atoms with Crippen LogP contribution in [0.4, 0.5) is 30.6 Å². The van der Waals surface area contributed by atoms with Crippen LogP contribution in [0.5, 0.6) is 0 Å². The van der Waals surface area contributed by atoms with Crippen molar-refractivity contribution in [2.45, 2.75) is 189 Å². The van der Waals surface area contributed by atoms with Crippen LogP contribution in [-0.2, 0) is 89.8 Å². The Hall–Kier alpha value is -11.8. The molecular weight excluding hydrogens is 1460 g/mol. The lowest BCUT2D eigenvalue weighted by molar-refractivity contribution is -0.143. The largest absolute Gasteiger partial charge is 0.480 e. The van der Waals surface area contributed by atoms with Crippen molar-refractivity contribution in [3.05, 3.63) is 203 Å². The molecule has 4 aliphatic heterocycles. The van der Waals surface area contributed by atoms with Crippen molar-refractivity contribution in [2.75, 3.05) is 44.9 Å². The molecule has 0 bridgehead atoms. The van der Waals surface area contributed by atoms with Crippen molar-refractivity contribution < 1.29 is 81.9 Å². The number of carboxylic acids is 2. The van der Waals surface area contributed by atoms with E-state index in [1.165, 1.54) is 31.5 Å². The fourth-order valence-electron chi connectivity index (χ4n) is 15.9. The summed E-state index contributed by atoms with van der Waals surface area (Å²) in [6, 6.07) is 49.3. The van der Waals surface area contributed by atoms with Crippen molar-refractivity contribution in [2.24, 2.45) is 29.4 Å². The summed E-state index contributed by atoms with van der Waals surface area (Å²) in [7, 11) is 4.63. The van der Waals surface area contributed by atoms with Gasteiger partial charge in [-0.05, 0) is 101 Å². The van der Waals surface area contributed by atoms with E-state index in [9.17, 15) is 63.1 Å². The van der Waals surface area contributed by atoms with Gasteiger partial charge in [0.15, 0.2) is 0 Å². The quantitative estimate of drug-likeness (QED) is 0.0290. The third-order valence-electron chi connectivity index (χ3n) is 23.7. The van der Waals surface area contributed by atoms with E-state index in [1.54, 1.807) is 14.1 Å². The van der Waals surface area contributed by atoms with Crippen LogP contribution in [0.3, 0.4) is 0 Å². The lowest BCUT2D eigenvalue weighted by Gasteiger charge is -2.36. The summed E-state index contributed by atoms with van der Waals surface area (Å²) in [5.74, 6) is -2.31. The number of hydrogen-bond donors (Lipinski definition) is 6. The molecule has 0 aromatic heterocycles. The minimum atomic E-state index is -1.06. The zero-order valence-electron chi connectivity index (χ0n) is 64.7. The van der Waals surface area contributed by atoms with Gasteiger partial charge in [-0.1, -0.05) is 235 Å². The number of para-hydroxylation sites is 2. The first kappa shape index (κ1) is 83.1. The van der Waals surface area contributed by atoms with Crippen LogP contribution in [0, 0.1) is 35.0 Å². The Morgan fingerprint density at radius 1 is 0.474 bits per heavy atom. The van der Waals surface area contributed by atoms with Crippen LogP contribution in [0.15, 0.2) is 170 Å². The molecule has 0 radical (unpaired) electrons. The van der Waals surface area contributed by atoms with Gasteiger partial charge >= 0.3 is 36.3 Å². The highest BCUT2D eigenvalue weighted by Gasteiger charge is 2.59. The zero-order valence-corrected chi connectivity index (χ0v) is 64.7. The van der Waals surface area contributed by atoms with Gasteiger partial charge in [0.25, 0.3) is 0 Å². The second-order valence-electron chi connectivity index (χ2n) is 31.1. The van der Waals surface area contributed by atoms with Crippen LogP contribution >= 0.6 is 0 Å². The van der Waals surface area contributed by atoms with Crippen LogP contribution in [0.1, 0.15) is 149 Å². The Morgan fingerprint density at radius 2 is 0.807 bits per heavy atom. The first-order valence-corrected chi connectivity index (χ1v) is 39.3. The molecule has 4 saturated carbocycles. The molecule has 2 spiro atoms. The maximum absolute atomic E-state index is 14.1. The van der Waals surface area contributed by atoms with Crippen molar-refractivity contribution >= 4 is 77.2 Å². The van der Waals surface area contributed by atoms with E-state index in [0.29, 0.717) is 55.0 Å². The molecule has 9 amide bonds. The number of nitrogens with one attached hydrogen (secondary N) is 3. The fourth-order valence-corrected chi connectivity index (χ4v) is 15.9. The number of carboxylic acid groups (broad SMARTS) is 2. The van der Waals surface area contributed by atoms with Crippen LogP contribution in [0.25, 0.3) is 0 Å². The minimum Gasteiger partial charge on any atom is -0.480 e. The molecule has 602 valence electrons.